The lowest BCUT2D eigenvalue weighted by molar-refractivity contribution is -0.266. The molecular weight excluding hydrogens is 1840 g/mol. The Morgan fingerprint density at radius 1 is 0.451 bits per heavy atom. The molecule has 0 aromatic heterocycles. The van der Waals surface area contributed by atoms with E-state index in [1.54, 1.807) is 82.1 Å². The van der Waals surface area contributed by atoms with E-state index in [1.165, 1.54) is 9.80 Å². The highest BCUT2D eigenvalue weighted by molar-refractivity contribution is 6.39. The fourth-order valence-electron chi connectivity index (χ4n) is 22.3. The Bertz CT molecular complexity index is 4370. The van der Waals surface area contributed by atoms with Crippen LogP contribution < -0.4 is 0 Å². The molecule has 144 heavy (non-hydrogen) atoms. The minimum Gasteiger partial charge on any atom is -0.460 e. The topological polar surface area (TPSA) is 384 Å². The van der Waals surface area contributed by atoms with Crippen LogP contribution >= 0.6 is 0 Å². The van der Waals surface area contributed by atoms with E-state index in [0.717, 1.165) is 60.8 Å². The van der Waals surface area contributed by atoms with Crippen LogP contribution in [0.1, 0.15) is 271 Å². The quantitative estimate of drug-likeness (QED) is 0.0353. The molecule has 29 nitrogen and oxygen atoms in total. The van der Waals surface area contributed by atoms with Crippen molar-refractivity contribution in [3.63, 3.8) is 0 Å². The molecule has 8 fully saturated rings. The Hall–Kier alpha value is -6.72. The van der Waals surface area contributed by atoms with Gasteiger partial charge in [0, 0.05) is 116 Å². The van der Waals surface area contributed by atoms with E-state index < -0.39 is 150 Å². The molecule has 0 aromatic carbocycles. The zero-order valence-electron chi connectivity index (χ0n) is 89.3. The van der Waals surface area contributed by atoms with Crippen LogP contribution in [0.15, 0.2) is 120 Å². The van der Waals surface area contributed by atoms with Crippen LogP contribution in [0, 0.1) is 82.9 Å². The average molecular weight is 2020 g/mol. The lowest BCUT2D eigenvalue weighted by Crippen LogP contribution is -2.61. The van der Waals surface area contributed by atoms with Crippen LogP contribution in [0.3, 0.4) is 0 Å². The molecule has 30 unspecified atom stereocenters. The smallest absolute Gasteiger partial charge is 0.329 e. The summed E-state index contributed by atoms with van der Waals surface area (Å²) in [6, 6.07) is -2.25. The predicted octanol–water partition coefficient (Wildman–Crippen LogP) is 15.8. The molecule has 8 aliphatic heterocycles. The molecule has 814 valence electrons. The summed E-state index contributed by atoms with van der Waals surface area (Å²) in [6.07, 6.45) is 28.5. The summed E-state index contributed by atoms with van der Waals surface area (Å²) < 4.78 is 78.1. The van der Waals surface area contributed by atoms with Crippen molar-refractivity contribution in [2.45, 2.75) is 380 Å². The molecule has 2 amide bonds. The Morgan fingerprint density at radius 2 is 0.854 bits per heavy atom. The lowest BCUT2D eigenvalue weighted by Gasteiger charge is -2.43. The number of ether oxygens (including phenoxy) is 13. The van der Waals surface area contributed by atoms with E-state index in [9.17, 15) is 69.0 Å². The first-order valence-corrected chi connectivity index (χ1v) is 53.6. The number of hydrogen-bond acceptors (Lipinski definition) is 27. The van der Waals surface area contributed by atoms with Crippen molar-refractivity contribution in [1.29, 1.82) is 0 Å². The van der Waals surface area contributed by atoms with E-state index in [2.05, 4.69) is 53.0 Å². The second kappa shape index (κ2) is 59.8. The monoisotopic (exact) mass is 2020 g/mol. The third-order valence-corrected chi connectivity index (χ3v) is 32.4. The number of esters is 2. The number of rotatable bonds is 21. The van der Waals surface area contributed by atoms with Gasteiger partial charge in [-0.3, -0.25) is 28.8 Å². The standard InChI is InChI=1S/C58H91NO14.C56H87NO13.CH4/c1-36-16-12-11-13-17-37(2)50(70-26-23-45-34-69-35-45)32-46-21-19-42(7)58(66,73-46)55(63)56(64)59-24-15-14-18-47(59)57(65)72-51(40(5)30-44-20-22-49(71-27-25-60)52(31-44)67-9)33-48(61)39(4)29-41(6)53(62)54(68-10)43(8)38(3)28-36;1-34-16-12-11-13-17-35(2)48(68-25-23-43-32-67-33-43)30-44-21-19-40(7)56(64,70-44)53(61)54(62)57-24-15-14-18-45(57)55(63)69-49(38(5)28-42-20-22-46(58)50(29-42)65-9)31-47(59)37(4)27-39(6)51(60)52(66-10)41(8)36(3)26-34;/h11-13,16-17,29,36,38-40,42,44-47,49-54,60,62,66H,8,14-15,18-28,30-35H2,1-7,9-10H3;11-13,16-17,27,34,36-38,40,42-46,48-52,58,60,64H,8,14-15,18-26,28-33H2,1-7,9-10H3;1H4/b13-11+,16-12+,37-17+,41-29+;13-11+,16-12+,35-17+,39-27+;. The number of methoxy groups -OCH3 is 4. The summed E-state index contributed by atoms with van der Waals surface area (Å²) in [4.78, 5) is 118. The van der Waals surface area contributed by atoms with Gasteiger partial charge in [-0.25, -0.2) is 9.59 Å². The lowest BCUT2D eigenvalue weighted by atomic mass is 9.78. The summed E-state index contributed by atoms with van der Waals surface area (Å²) >= 11 is 0. The molecule has 10 aliphatic rings. The maximum Gasteiger partial charge on any atom is 0.329 e. The fraction of sp³-hybridized carbons (Fsp3) is 0.757. The van der Waals surface area contributed by atoms with Crippen molar-refractivity contribution in [1.82, 2.24) is 9.80 Å². The third kappa shape index (κ3) is 34.7. The Balaban J connectivity index is 0.000000350. The van der Waals surface area contributed by atoms with Gasteiger partial charge in [0.15, 0.2) is 0 Å². The second-order valence-corrected chi connectivity index (χ2v) is 43.7. The van der Waals surface area contributed by atoms with Gasteiger partial charge < -0.3 is 102 Å². The van der Waals surface area contributed by atoms with Gasteiger partial charge in [-0.05, 0) is 250 Å². The first kappa shape index (κ1) is 122. The number of nitrogens with zero attached hydrogens (tertiary/aromatic N) is 2. The molecule has 0 radical (unpaired) electrons. The summed E-state index contributed by atoms with van der Waals surface area (Å²) in [5, 5.41) is 67.6. The van der Waals surface area contributed by atoms with E-state index in [1.807, 2.05) is 76.3 Å². The molecule has 4 bridgehead atoms. The van der Waals surface area contributed by atoms with Crippen molar-refractivity contribution < 1.29 is 131 Å². The number of amides is 2. The van der Waals surface area contributed by atoms with Crippen LogP contribution in [0.4, 0.5) is 0 Å². The third-order valence-electron chi connectivity index (χ3n) is 32.4. The number of hydrogen-bond donors (Lipinski definition) is 6. The molecular formula is C115H182N2O27. The number of cyclic esters (lactones) is 2. The molecule has 8 heterocycles. The van der Waals surface area contributed by atoms with Gasteiger partial charge in [0.05, 0.1) is 88.5 Å². The van der Waals surface area contributed by atoms with Gasteiger partial charge in [0.2, 0.25) is 11.6 Å². The van der Waals surface area contributed by atoms with Gasteiger partial charge in [0.25, 0.3) is 23.4 Å². The van der Waals surface area contributed by atoms with Gasteiger partial charge in [-0.1, -0.05) is 163 Å². The summed E-state index contributed by atoms with van der Waals surface area (Å²) in [7, 11) is 6.31. The number of aliphatic hydroxyl groups excluding tert-OH is 4. The Kier molecular flexibility index (Phi) is 50.8. The summed E-state index contributed by atoms with van der Waals surface area (Å²) in [6.45, 7) is 39.6. The number of ketones is 4. The number of piperidine rings is 2. The number of Topliss-reactive ketones (excluding diaryl/α,β-unsaturated/α-hetero) is 4. The zero-order valence-corrected chi connectivity index (χ0v) is 89.3. The highest BCUT2D eigenvalue weighted by Crippen LogP contribution is 2.43. The highest BCUT2D eigenvalue weighted by atomic mass is 16.6. The van der Waals surface area contributed by atoms with E-state index in [0.29, 0.717) is 165 Å². The zero-order chi connectivity index (χ0) is 105. The largest absolute Gasteiger partial charge is 0.460 e. The molecule has 6 N–H and O–H groups in total. The minimum atomic E-state index is -2.44. The highest BCUT2D eigenvalue weighted by Gasteiger charge is 2.56. The van der Waals surface area contributed by atoms with Crippen LogP contribution in [0.2, 0.25) is 0 Å². The maximum absolute atomic E-state index is 14.6. The van der Waals surface area contributed by atoms with Crippen LogP contribution in [0.5, 0.6) is 0 Å². The van der Waals surface area contributed by atoms with E-state index in [-0.39, 0.29) is 137 Å². The van der Waals surface area contributed by atoms with Crippen molar-refractivity contribution >= 4 is 46.9 Å². The minimum absolute atomic E-state index is 0. The molecule has 29 heteroatoms. The second-order valence-electron chi connectivity index (χ2n) is 43.7. The normalized spacial score (nSPS) is 38.8. The van der Waals surface area contributed by atoms with Gasteiger partial charge in [-0.2, -0.15) is 0 Å². The van der Waals surface area contributed by atoms with Gasteiger partial charge in [-0.15, -0.1) is 0 Å². The van der Waals surface area contributed by atoms with Crippen LogP contribution in [0.25, 0.3) is 0 Å². The van der Waals surface area contributed by atoms with E-state index >= 15 is 0 Å². The number of carbonyl (C=O) groups is 8. The SMILES string of the molecule is C.C=C1C(C)CC(C)/C=C/C=C/C=C(\C)C(OCCC2COC2)CC2CCC(C)C(O)(O2)C(=O)C(=O)N2CCCCC2C(=O)OC(C(C)CC2CCC(O)C(OC)C2)CC(=O)C(C)/C=C(\C)C(O)C1OC.C=C1C(C)CC(C)/C=C/C=C/C=C(\C)C(OCCC2COC2)CC2CCC(C)C(O)(O2)C(=O)C(=O)N2CCCCC2C(=O)OC(C(C)CC2CCC(OCCO)C(OC)C2)CC(=O)C(C)/C=C(\C)C(O)C1OC. The fourth-order valence-corrected chi connectivity index (χ4v) is 22.3. The predicted molar refractivity (Wildman–Crippen MR) is 552 cm³/mol. The summed E-state index contributed by atoms with van der Waals surface area (Å²) in [5.41, 5.74) is 4.46. The first-order chi connectivity index (χ1) is 68.1. The van der Waals surface area contributed by atoms with Crippen molar-refractivity contribution in [2.75, 3.05) is 94.4 Å². The molecule has 2 saturated carbocycles. The van der Waals surface area contributed by atoms with Gasteiger partial charge >= 0.3 is 11.9 Å². The van der Waals surface area contributed by atoms with Crippen LogP contribution in [-0.2, 0) is 99.9 Å². The molecule has 10 rings (SSSR count). The average Bonchev–Trinajstić information content (AvgIpc) is 0.774. The maximum atomic E-state index is 14.6. The molecule has 0 aromatic rings. The first-order valence-electron chi connectivity index (χ1n) is 53.6. The Morgan fingerprint density at radius 3 is 1.24 bits per heavy atom. The number of carbonyl (C=O) groups excluding carboxylic acids is 8. The number of allylic oxidation sites excluding steroid dienone is 12. The Labute approximate surface area is 859 Å². The van der Waals surface area contributed by atoms with Crippen molar-refractivity contribution in [3.8, 4) is 0 Å². The van der Waals surface area contributed by atoms with E-state index in [4.69, 9.17) is 61.6 Å². The summed E-state index contributed by atoms with van der Waals surface area (Å²) in [5.74, 6) is -12.9. The number of aliphatic hydroxyl groups is 6. The number of fused-ring (bicyclic) bond motifs is 6. The van der Waals surface area contributed by atoms with Crippen molar-refractivity contribution in [2.24, 2.45) is 82.9 Å². The molecule has 0 spiro atoms. The molecule has 30 atom stereocenters. The van der Waals surface area contributed by atoms with Crippen LogP contribution in [-0.4, -0.2) is 291 Å². The molecule has 2 aliphatic carbocycles. The van der Waals surface area contributed by atoms with Crippen molar-refractivity contribution in [3.05, 3.63) is 120 Å². The molecule has 6 saturated heterocycles. The van der Waals surface area contributed by atoms with Gasteiger partial charge in [0.1, 0.15) is 60.3 Å².